The first-order chi connectivity index (χ1) is 10.4. The number of benzene rings is 1. The number of aliphatic hydroxyl groups is 1. The molecule has 2 aliphatic rings. The Morgan fingerprint density at radius 1 is 1.41 bits per heavy atom. The largest absolute Gasteiger partial charge is 0.497 e. The first kappa shape index (κ1) is 15.3. The molecule has 1 saturated heterocycles. The maximum absolute atomic E-state index is 12.7. The lowest BCUT2D eigenvalue weighted by atomic mass is 9.81. The van der Waals surface area contributed by atoms with Crippen molar-refractivity contribution in [2.24, 2.45) is 11.3 Å². The predicted molar refractivity (Wildman–Crippen MR) is 84.8 cm³/mol. The molecular formula is C18H25NO3. The second kappa shape index (κ2) is 5.58. The Balaban J connectivity index is 1.65. The number of likely N-dealkylation sites (tertiary alicyclic amines) is 1. The number of ether oxygens (including phenoxy) is 1. The molecule has 3 rings (SSSR count). The number of aliphatic hydroxyl groups excluding tert-OH is 1. The molecule has 1 heterocycles. The molecule has 0 spiro atoms. The van der Waals surface area contributed by atoms with E-state index < -0.39 is 0 Å². The average Bonchev–Trinajstić information content (AvgIpc) is 3.30. The number of hydrogen-bond donors (Lipinski definition) is 1. The summed E-state index contributed by atoms with van der Waals surface area (Å²) in [7, 11) is 1.66. The fraction of sp³-hybridized carbons (Fsp3) is 0.611. The molecule has 3 atom stereocenters. The zero-order valence-electron chi connectivity index (χ0n) is 13.6. The number of methoxy groups -OCH3 is 1. The Kier molecular flexibility index (Phi) is 3.89. The average molecular weight is 303 g/mol. The van der Waals surface area contributed by atoms with Crippen LogP contribution in [0.2, 0.25) is 0 Å². The Morgan fingerprint density at radius 2 is 2.18 bits per heavy atom. The molecule has 1 aromatic rings. The molecule has 1 saturated carbocycles. The second-order valence-electron chi connectivity index (χ2n) is 7.28. The van der Waals surface area contributed by atoms with Crippen molar-refractivity contribution in [3.63, 3.8) is 0 Å². The molecule has 0 aromatic heterocycles. The van der Waals surface area contributed by atoms with Crippen LogP contribution in [0.5, 0.6) is 5.75 Å². The van der Waals surface area contributed by atoms with Gasteiger partial charge in [0, 0.05) is 24.4 Å². The standard InChI is InChI=1S/C18H25NO3/c1-18(2)11-19(8-7-16(18)20)17(21)15-10-14(15)12-5-4-6-13(9-12)22-3/h4-6,9,14-16,20H,7-8,10-11H2,1-3H3/t14-,15+,16?/m0/s1. The molecule has 4 nitrogen and oxygen atoms in total. The quantitative estimate of drug-likeness (QED) is 0.933. The summed E-state index contributed by atoms with van der Waals surface area (Å²) < 4.78 is 5.26. The van der Waals surface area contributed by atoms with Crippen LogP contribution in [0.3, 0.4) is 0 Å². The van der Waals surface area contributed by atoms with Crippen molar-refractivity contribution in [2.75, 3.05) is 20.2 Å². The van der Waals surface area contributed by atoms with Gasteiger partial charge in [0.2, 0.25) is 5.91 Å². The van der Waals surface area contributed by atoms with Crippen LogP contribution in [-0.4, -0.2) is 42.2 Å². The Bertz CT molecular complexity index is 569. The van der Waals surface area contributed by atoms with Crippen molar-refractivity contribution in [3.05, 3.63) is 29.8 Å². The third-order valence-electron chi connectivity index (χ3n) is 5.11. The van der Waals surface area contributed by atoms with Gasteiger partial charge in [0.15, 0.2) is 0 Å². The summed E-state index contributed by atoms with van der Waals surface area (Å²) in [6, 6.07) is 8.01. The van der Waals surface area contributed by atoms with Gasteiger partial charge in [0.1, 0.15) is 5.75 Å². The van der Waals surface area contributed by atoms with Crippen LogP contribution in [0.25, 0.3) is 0 Å². The summed E-state index contributed by atoms with van der Waals surface area (Å²) in [5.41, 5.74) is 0.975. The lowest BCUT2D eigenvalue weighted by Gasteiger charge is -2.42. The summed E-state index contributed by atoms with van der Waals surface area (Å²) >= 11 is 0. The summed E-state index contributed by atoms with van der Waals surface area (Å²) in [6.45, 7) is 5.38. The fourth-order valence-corrected chi connectivity index (χ4v) is 3.48. The van der Waals surface area contributed by atoms with E-state index in [1.54, 1.807) is 7.11 Å². The number of nitrogens with zero attached hydrogens (tertiary/aromatic N) is 1. The molecule has 22 heavy (non-hydrogen) atoms. The van der Waals surface area contributed by atoms with E-state index >= 15 is 0 Å². The predicted octanol–water partition coefficient (Wildman–Crippen LogP) is 2.42. The molecule has 1 amide bonds. The van der Waals surface area contributed by atoms with Gasteiger partial charge in [-0.25, -0.2) is 0 Å². The van der Waals surface area contributed by atoms with Crippen molar-refractivity contribution < 1.29 is 14.6 Å². The molecule has 1 aliphatic heterocycles. The summed E-state index contributed by atoms with van der Waals surface area (Å²) in [5, 5.41) is 10.0. The maximum Gasteiger partial charge on any atom is 0.226 e. The van der Waals surface area contributed by atoms with Gasteiger partial charge in [-0.3, -0.25) is 4.79 Å². The zero-order valence-corrected chi connectivity index (χ0v) is 13.6. The van der Waals surface area contributed by atoms with E-state index in [0.29, 0.717) is 25.4 Å². The van der Waals surface area contributed by atoms with Gasteiger partial charge in [-0.15, -0.1) is 0 Å². The number of carbonyl (C=O) groups is 1. The van der Waals surface area contributed by atoms with Crippen LogP contribution in [0.15, 0.2) is 24.3 Å². The molecule has 4 heteroatoms. The van der Waals surface area contributed by atoms with Crippen molar-refractivity contribution in [3.8, 4) is 5.75 Å². The Hall–Kier alpha value is -1.55. The lowest BCUT2D eigenvalue weighted by Crippen LogP contribution is -2.51. The minimum Gasteiger partial charge on any atom is -0.497 e. The topological polar surface area (TPSA) is 49.8 Å². The van der Waals surface area contributed by atoms with Crippen molar-refractivity contribution in [1.82, 2.24) is 4.90 Å². The highest BCUT2D eigenvalue weighted by Gasteiger charge is 2.48. The van der Waals surface area contributed by atoms with Gasteiger partial charge >= 0.3 is 0 Å². The van der Waals surface area contributed by atoms with Crippen LogP contribution in [0, 0.1) is 11.3 Å². The highest BCUT2D eigenvalue weighted by Crippen LogP contribution is 2.49. The highest BCUT2D eigenvalue weighted by atomic mass is 16.5. The number of piperidine rings is 1. The van der Waals surface area contributed by atoms with E-state index in [0.717, 1.165) is 12.2 Å². The van der Waals surface area contributed by atoms with Crippen molar-refractivity contribution in [2.45, 2.75) is 38.7 Å². The minimum absolute atomic E-state index is 0.0955. The van der Waals surface area contributed by atoms with E-state index in [-0.39, 0.29) is 23.3 Å². The fourth-order valence-electron chi connectivity index (χ4n) is 3.48. The minimum atomic E-state index is -0.315. The molecule has 0 bridgehead atoms. The van der Waals surface area contributed by atoms with Gasteiger partial charge in [-0.05, 0) is 36.5 Å². The van der Waals surface area contributed by atoms with Crippen LogP contribution >= 0.6 is 0 Å². The molecule has 1 N–H and O–H groups in total. The van der Waals surface area contributed by atoms with E-state index in [2.05, 4.69) is 6.07 Å². The Labute approximate surface area is 132 Å². The van der Waals surface area contributed by atoms with E-state index in [1.165, 1.54) is 5.56 Å². The monoisotopic (exact) mass is 303 g/mol. The van der Waals surface area contributed by atoms with Gasteiger partial charge in [-0.2, -0.15) is 0 Å². The SMILES string of the molecule is COc1cccc([C@@H]2C[C@H]2C(=O)N2CCC(O)C(C)(C)C2)c1. The number of amides is 1. The van der Waals surface area contributed by atoms with Crippen molar-refractivity contribution in [1.29, 1.82) is 0 Å². The number of hydrogen-bond acceptors (Lipinski definition) is 3. The first-order valence-electron chi connectivity index (χ1n) is 8.03. The molecular weight excluding hydrogens is 278 g/mol. The molecule has 2 fully saturated rings. The van der Waals surface area contributed by atoms with Gasteiger partial charge in [0.05, 0.1) is 13.2 Å². The summed E-state index contributed by atoms with van der Waals surface area (Å²) in [4.78, 5) is 14.6. The van der Waals surface area contributed by atoms with E-state index in [4.69, 9.17) is 4.74 Å². The zero-order chi connectivity index (χ0) is 15.9. The van der Waals surface area contributed by atoms with Gasteiger partial charge in [0.25, 0.3) is 0 Å². The van der Waals surface area contributed by atoms with Crippen molar-refractivity contribution >= 4 is 5.91 Å². The Morgan fingerprint density at radius 3 is 2.86 bits per heavy atom. The first-order valence-corrected chi connectivity index (χ1v) is 8.03. The maximum atomic E-state index is 12.7. The molecule has 1 aliphatic carbocycles. The van der Waals surface area contributed by atoms with Gasteiger partial charge in [-0.1, -0.05) is 26.0 Å². The van der Waals surface area contributed by atoms with Crippen LogP contribution in [0.4, 0.5) is 0 Å². The normalized spacial score (nSPS) is 30.0. The molecule has 1 unspecified atom stereocenters. The molecule has 120 valence electrons. The third kappa shape index (κ3) is 2.84. The van der Waals surface area contributed by atoms with Crippen LogP contribution in [-0.2, 0) is 4.79 Å². The summed E-state index contributed by atoms with van der Waals surface area (Å²) in [5.74, 6) is 1.50. The van der Waals surface area contributed by atoms with Gasteiger partial charge < -0.3 is 14.7 Å². The highest BCUT2D eigenvalue weighted by molar-refractivity contribution is 5.83. The number of carbonyl (C=O) groups excluding carboxylic acids is 1. The lowest BCUT2D eigenvalue weighted by molar-refractivity contribution is -0.139. The van der Waals surface area contributed by atoms with Crippen LogP contribution < -0.4 is 4.74 Å². The summed E-state index contributed by atoms with van der Waals surface area (Å²) in [6.07, 6.45) is 1.28. The third-order valence-corrected chi connectivity index (χ3v) is 5.11. The van der Waals surface area contributed by atoms with E-state index in [9.17, 15) is 9.90 Å². The van der Waals surface area contributed by atoms with Crippen LogP contribution in [0.1, 0.15) is 38.2 Å². The molecule has 1 aromatic carbocycles. The molecule has 0 radical (unpaired) electrons. The number of rotatable bonds is 3. The van der Waals surface area contributed by atoms with E-state index in [1.807, 2.05) is 36.9 Å². The smallest absolute Gasteiger partial charge is 0.226 e. The second-order valence-corrected chi connectivity index (χ2v) is 7.28.